The minimum atomic E-state index is -0.831. The Kier molecular flexibility index (Phi) is 5.69. The Morgan fingerprint density at radius 1 is 1.29 bits per heavy atom. The van der Waals surface area contributed by atoms with Crippen LogP contribution in [0.15, 0.2) is 16.5 Å². The summed E-state index contributed by atoms with van der Waals surface area (Å²) in [4.78, 5) is 26.7. The quantitative estimate of drug-likeness (QED) is 0.885. The maximum Gasteiger partial charge on any atom is 0.317 e. The molecule has 2 heterocycles. The number of rotatable bonds is 5. The number of furan rings is 1. The third-order valence-corrected chi connectivity index (χ3v) is 3.97. The summed E-state index contributed by atoms with van der Waals surface area (Å²) in [5, 5.41) is 8.82. The molecular weight excluding hydrogens is 292 g/mol. The summed E-state index contributed by atoms with van der Waals surface area (Å²) in [5.41, 5.74) is 0. The Morgan fingerprint density at radius 3 is 2.81 bits per heavy atom. The number of carboxylic acid groups (broad SMARTS) is 1. The summed E-state index contributed by atoms with van der Waals surface area (Å²) < 4.78 is 5.55. The Bertz CT molecular complexity index is 503. The smallest absolute Gasteiger partial charge is 0.317 e. The van der Waals surface area contributed by atoms with Crippen LogP contribution in [0.4, 0.5) is 0 Å². The van der Waals surface area contributed by atoms with Crippen molar-refractivity contribution in [2.75, 3.05) is 39.0 Å². The van der Waals surface area contributed by atoms with Crippen molar-refractivity contribution in [2.45, 2.75) is 12.2 Å². The van der Waals surface area contributed by atoms with E-state index in [1.165, 1.54) is 0 Å². The minimum absolute atomic E-state index is 0.0284. The van der Waals surface area contributed by atoms with Gasteiger partial charge in [-0.1, -0.05) is 0 Å². The summed E-state index contributed by atoms with van der Waals surface area (Å²) >= 11 is 1.64. The lowest BCUT2D eigenvalue weighted by Crippen LogP contribution is -2.36. The lowest BCUT2D eigenvalue weighted by molar-refractivity contribution is -0.138. The normalized spacial score (nSPS) is 16.7. The van der Waals surface area contributed by atoms with Gasteiger partial charge in [-0.3, -0.25) is 14.5 Å². The largest absolute Gasteiger partial charge is 0.480 e. The molecule has 0 aliphatic carbocycles. The van der Waals surface area contributed by atoms with Gasteiger partial charge in [0.2, 0.25) is 0 Å². The molecule has 1 aromatic rings. The highest BCUT2D eigenvalue weighted by atomic mass is 32.2. The summed E-state index contributed by atoms with van der Waals surface area (Å²) in [6.45, 7) is 2.47. The van der Waals surface area contributed by atoms with E-state index >= 15 is 0 Å². The number of aliphatic carboxylic acids is 1. The highest BCUT2D eigenvalue weighted by Crippen LogP contribution is 2.16. The van der Waals surface area contributed by atoms with Gasteiger partial charge in [0.1, 0.15) is 5.76 Å². The third kappa shape index (κ3) is 4.50. The molecule has 2 rings (SSSR count). The highest BCUT2D eigenvalue weighted by molar-refractivity contribution is 7.97. The van der Waals surface area contributed by atoms with E-state index in [4.69, 9.17) is 9.52 Å². The SMILES string of the molecule is CSCc1ccc(C(=O)N2CCCN(CC(=O)O)CC2)o1. The Morgan fingerprint density at radius 2 is 2.10 bits per heavy atom. The predicted molar refractivity (Wildman–Crippen MR) is 80.5 cm³/mol. The molecule has 1 N–H and O–H groups in total. The summed E-state index contributed by atoms with van der Waals surface area (Å²) in [7, 11) is 0. The van der Waals surface area contributed by atoms with Crippen LogP contribution < -0.4 is 0 Å². The lowest BCUT2D eigenvalue weighted by atomic mass is 10.3. The maximum atomic E-state index is 12.4. The third-order valence-electron chi connectivity index (χ3n) is 3.39. The lowest BCUT2D eigenvalue weighted by Gasteiger charge is -2.20. The van der Waals surface area contributed by atoms with E-state index < -0.39 is 5.97 Å². The Hall–Kier alpha value is -1.47. The van der Waals surface area contributed by atoms with Crippen LogP contribution >= 0.6 is 11.8 Å². The molecule has 0 saturated carbocycles. The zero-order chi connectivity index (χ0) is 15.2. The Labute approximate surface area is 128 Å². The molecule has 1 aliphatic rings. The van der Waals surface area contributed by atoms with Crippen molar-refractivity contribution in [1.82, 2.24) is 9.80 Å². The van der Waals surface area contributed by atoms with E-state index in [1.54, 1.807) is 22.7 Å². The fourth-order valence-corrected chi connectivity index (χ4v) is 2.83. The molecular formula is C14H20N2O4S. The minimum Gasteiger partial charge on any atom is -0.480 e. The first-order valence-corrected chi connectivity index (χ1v) is 8.30. The average molecular weight is 312 g/mol. The zero-order valence-electron chi connectivity index (χ0n) is 12.1. The molecule has 21 heavy (non-hydrogen) atoms. The number of carbonyl (C=O) groups is 2. The van der Waals surface area contributed by atoms with Crippen LogP contribution in [-0.4, -0.2) is 65.8 Å². The molecule has 7 heteroatoms. The van der Waals surface area contributed by atoms with Gasteiger partial charge in [0.05, 0.1) is 12.3 Å². The average Bonchev–Trinajstić information content (AvgIpc) is 2.78. The van der Waals surface area contributed by atoms with E-state index in [1.807, 2.05) is 17.2 Å². The van der Waals surface area contributed by atoms with Gasteiger partial charge in [-0.2, -0.15) is 11.8 Å². The van der Waals surface area contributed by atoms with Crippen LogP contribution in [0.1, 0.15) is 22.7 Å². The van der Waals surface area contributed by atoms with E-state index in [0.29, 0.717) is 31.9 Å². The maximum absolute atomic E-state index is 12.4. The van der Waals surface area contributed by atoms with Crippen molar-refractivity contribution in [2.24, 2.45) is 0 Å². The molecule has 116 valence electrons. The molecule has 0 atom stereocenters. The fourth-order valence-electron chi connectivity index (χ4n) is 2.39. The van der Waals surface area contributed by atoms with Crippen LogP contribution in [0.5, 0.6) is 0 Å². The van der Waals surface area contributed by atoms with Gasteiger partial charge in [0, 0.05) is 26.2 Å². The monoisotopic (exact) mass is 312 g/mol. The number of carbonyl (C=O) groups excluding carboxylic acids is 1. The van der Waals surface area contributed by atoms with Gasteiger partial charge in [-0.05, 0) is 24.8 Å². The Balaban J connectivity index is 1.94. The predicted octanol–water partition coefficient (Wildman–Crippen LogP) is 1.38. The first-order chi connectivity index (χ1) is 10.1. The number of amides is 1. The van der Waals surface area contributed by atoms with Crippen molar-refractivity contribution in [3.8, 4) is 0 Å². The number of thioether (sulfide) groups is 1. The summed E-state index contributed by atoms with van der Waals surface area (Å²) in [5.74, 6) is 0.973. The molecule has 0 bridgehead atoms. The van der Waals surface area contributed by atoms with E-state index in [2.05, 4.69) is 0 Å². The van der Waals surface area contributed by atoms with Crippen LogP contribution in [0.2, 0.25) is 0 Å². The topological polar surface area (TPSA) is 74.0 Å². The van der Waals surface area contributed by atoms with Gasteiger partial charge >= 0.3 is 5.97 Å². The number of hydrogen-bond donors (Lipinski definition) is 1. The van der Waals surface area contributed by atoms with Crippen molar-refractivity contribution in [3.63, 3.8) is 0 Å². The zero-order valence-corrected chi connectivity index (χ0v) is 12.9. The fraction of sp³-hybridized carbons (Fsp3) is 0.571. The van der Waals surface area contributed by atoms with Crippen LogP contribution in [-0.2, 0) is 10.5 Å². The van der Waals surface area contributed by atoms with Crippen molar-refractivity contribution in [1.29, 1.82) is 0 Å². The van der Waals surface area contributed by atoms with Crippen LogP contribution in [0, 0.1) is 0 Å². The molecule has 0 unspecified atom stereocenters. The van der Waals surface area contributed by atoms with Gasteiger partial charge in [0.25, 0.3) is 5.91 Å². The first kappa shape index (κ1) is 15.9. The standard InChI is InChI=1S/C14H20N2O4S/c1-21-10-11-3-4-12(20-11)14(19)16-6-2-5-15(7-8-16)9-13(17)18/h3-4H,2,5-10H2,1H3,(H,17,18). The summed E-state index contributed by atoms with van der Waals surface area (Å²) in [6.07, 6.45) is 2.76. The summed E-state index contributed by atoms with van der Waals surface area (Å²) in [6, 6.07) is 3.55. The van der Waals surface area contributed by atoms with Crippen molar-refractivity contribution < 1.29 is 19.1 Å². The highest BCUT2D eigenvalue weighted by Gasteiger charge is 2.23. The molecule has 1 aliphatic heterocycles. The molecule has 6 nitrogen and oxygen atoms in total. The second-order valence-corrected chi connectivity index (χ2v) is 5.88. The number of nitrogens with zero attached hydrogens (tertiary/aromatic N) is 2. The van der Waals surface area contributed by atoms with E-state index in [9.17, 15) is 9.59 Å². The number of hydrogen-bond acceptors (Lipinski definition) is 5. The van der Waals surface area contributed by atoms with Gasteiger partial charge in [-0.25, -0.2) is 0 Å². The second kappa shape index (κ2) is 7.51. The molecule has 1 saturated heterocycles. The molecule has 1 aromatic heterocycles. The van der Waals surface area contributed by atoms with Gasteiger partial charge < -0.3 is 14.4 Å². The van der Waals surface area contributed by atoms with Crippen molar-refractivity contribution in [3.05, 3.63) is 23.7 Å². The molecule has 0 radical (unpaired) electrons. The van der Waals surface area contributed by atoms with Crippen molar-refractivity contribution >= 4 is 23.6 Å². The molecule has 1 amide bonds. The van der Waals surface area contributed by atoms with Gasteiger partial charge in [0.15, 0.2) is 5.76 Å². The first-order valence-electron chi connectivity index (χ1n) is 6.91. The molecule has 1 fully saturated rings. The number of carboxylic acids is 1. The van der Waals surface area contributed by atoms with Crippen LogP contribution in [0.3, 0.4) is 0 Å². The van der Waals surface area contributed by atoms with E-state index in [0.717, 1.165) is 17.9 Å². The molecule has 0 aromatic carbocycles. The van der Waals surface area contributed by atoms with E-state index in [-0.39, 0.29) is 12.5 Å². The van der Waals surface area contributed by atoms with Crippen LogP contribution in [0.25, 0.3) is 0 Å². The molecule has 0 spiro atoms. The van der Waals surface area contributed by atoms with Gasteiger partial charge in [-0.15, -0.1) is 0 Å². The second-order valence-electron chi connectivity index (χ2n) is 5.01.